The zero-order valence-corrected chi connectivity index (χ0v) is 11.0. The van der Waals surface area contributed by atoms with Gasteiger partial charge in [-0.1, -0.05) is 26.2 Å². The molecule has 1 aliphatic rings. The maximum atomic E-state index is 11.8. The van der Waals surface area contributed by atoms with Gasteiger partial charge in [-0.3, -0.25) is 9.59 Å². The van der Waals surface area contributed by atoms with Crippen molar-refractivity contribution < 1.29 is 14.3 Å². The molecule has 0 spiro atoms. The van der Waals surface area contributed by atoms with Crippen LogP contribution in [0.3, 0.4) is 0 Å². The van der Waals surface area contributed by atoms with Gasteiger partial charge in [0.2, 0.25) is 0 Å². The third kappa shape index (κ3) is 4.49. The summed E-state index contributed by atoms with van der Waals surface area (Å²) in [6.45, 7) is 4.41. The van der Waals surface area contributed by atoms with Crippen molar-refractivity contribution in [2.24, 2.45) is 11.8 Å². The molecule has 1 saturated carbocycles. The van der Waals surface area contributed by atoms with Crippen molar-refractivity contribution in [2.45, 2.75) is 58.8 Å². The summed E-state index contributed by atoms with van der Waals surface area (Å²) in [6.07, 6.45) is 6.36. The van der Waals surface area contributed by atoms with E-state index in [1.54, 1.807) is 0 Å². The van der Waals surface area contributed by atoms with Crippen LogP contribution in [0.25, 0.3) is 0 Å². The first kappa shape index (κ1) is 14.2. The molecule has 1 aliphatic carbocycles. The highest BCUT2D eigenvalue weighted by molar-refractivity contribution is 5.84. The van der Waals surface area contributed by atoms with Gasteiger partial charge >= 0.3 is 5.97 Å². The predicted octanol–water partition coefficient (Wildman–Crippen LogP) is 3.12. The molecule has 0 aliphatic heterocycles. The highest BCUT2D eigenvalue weighted by atomic mass is 16.5. The van der Waals surface area contributed by atoms with E-state index in [2.05, 4.69) is 6.92 Å². The average molecular weight is 240 g/mol. The normalized spacial score (nSPS) is 24.0. The fraction of sp³-hybridized carbons (Fsp3) is 0.857. The van der Waals surface area contributed by atoms with E-state index < -0.39 is 0 Å². The van der Waals surface area contributed by atoms with Crippen LogP contribution in [0.15, 0.2) is 0 Å². The lowest BCUT2D eigenvalue weighted by Crippen LogP contribution is -2.19. The van der Waals surface area contributed by atoms with Crippen LogP contribution in [0, 0.1) is 11.8 Å². The van der Waals surface area contributed by atoms with Crippen molar-refractivity contribution in [3.63, 3.8) is 0 Å². The van der Waals surface area contributed by atoms with E-state index >= 15 is 0 Å². The van der Waals surface area contributed by atoms with Gasteiger partial charge in [0.25, 0.3) is 0 Å². The van der Waals surface area contributed by atoms with Crippen LogP contribution >= 0.6 is 0 Å². The lowest BCUT2D eigenvalue weighted by molar-refractivity contribution is -0.144. The monoisotopic (exact) mass is 240 g/mol. The van der Waals surface area contributed by atoms with Crippen LogP contribution < -0.4 is 0 Å². The van der Waals surface area contributed by atoms with Gasteiger partial charge in [0.1, 0.15) is 5.78 Å². The summed E-state index contributed by atoms with van der Waals surface area (Å²) in [6, 6.07) is 0. The fourth-order valence-corrected chi connectivity index (χ4v) is 2.67. The lowest BCUT2D eigenvalue weighted by Gasteiger charge is -2.17. The summed E-state index contributed by atoms with van der Waals surface area (Å²) in [7, 11) is 0. The summed E-state index contributed by atoms with van der Waals surface area (Å²) >= 11 is 0. The molecule has 17 heavy (non-hydrogen) atoms. The second-order valence-corrected chi connectivity index (χ2v) is 4.88. The number of Topliss-reactive ketones (excluding diaryl/α,β-unsaturated/α-hetero) is 1. The molecule has 0 aromatic carbocycles. The van der Waals surface area contributed by atoms with E-state index in [-0.39, 0.29) is 17.8 Å². The Kier molecular flexibility index (Phi) is 6.23. The van der Waals surface area contributed by atoms with Crippen LogP contribution in [-0.2, 0) is 14.3 Å². The Labute approximate surface area is 104 Å². The first-order valence-electron chi connectivity index (χ1n) is 6.87. The van der Waals surface area contributed by atoms with Gasteiger partial charge in [-0.2, -0.15) is 0 Å². The lowest BCUT2D eigenvalue weighted by atomic mass is 9.88. The van der Waals surface area contributed by atoms with E-state index in [1.165, 1.54) is 12.8 Å². The van der Waals surface area contributed by atoms with Gasteiger partial charge in [0.05, 0.1) is 6.61 Å². The summed E-state index contributed by atoms with van der Waals surface area (Å²) < 4.78 is 4.96. The third-order valence-electron chi connectivity index (χ3n) is 3.60. The minimum absolute atomic E-state index is 0.117. The number of hydrogen-bond acceptors (Lipinski definition) is 3. The van der Waals surface area contributed by atoms with Gasteiger partial charge in [-0.05, 0) is 25.7 Å². The van der Waals surface area contributed by atoms with Crippen molar-refractivity contribution >= 4 is 11.8 Å². The van der Waals surface area contributed by atoms with Crippen molar-refractivity contribution in [2.75, 3.05) is 6.61 Å². The Hall–Kier alpha value is -0.860. The topological polar surface area (TPSA) is 43.4 Å². The van der Waals surface area contributed by atoms with Crippen molar-refractivity contribution in [1.82, 2.24) is 0 Å². The Balaban J connectivity index is 2.41. The second-order valence-electron chi connectivity index (χ2n) is 4.88. The van der Waals surface area contributed by atoms with Crippen LogP contribution in [0.5, 0.6) is 0 Å². The van der Waals surface area contributed by atoms with Gasteiger partial charge in [-0.25, -0.2) is 0 Å². The van der Waals surface area contributed by atoms with Crippen LogP contribution in [-0.4, -0.2) is 18.4 Å². The number of unbranched alkanes of at least 4 members (excludes halogenated alkanes) is 2. The molecule has 0 unspecified atom stereocenters. The third-order valence-corrected chi connectivity index (χ3v) is 3.60. The number of ketones is 1. The molecule has 0 saturated heterocycles. The SMILES string of the molecule is CCCCC[C@H]1C(=O)CC[C@H]1CC(=O)OCC. The van der Waals surface area contributed by atoms with Gasteiger partial charge in [0.15, 0.2) is 0 Å². The van der Waals surface area contributed by atoms with E-state index in [0.29, 0.717) is 25.2 Å². The molecule has 0 aromatic heterocycles. The molecular weight excluding hydrogens is 216 g/mol. The standard InChI is InChI=1S/C14H24O3/c1-3-5-6-7-12-11(8-9-13(12)15)10-14(16)17-4-2/h11-12H,3-10H2,1-2H3/t11-,12+/m0/s1. The number of carbonyl (C=O) groups is 2. The van der Waals surface area contributed by atoms with E-state index in [1.807, 2.05) is 6.92 Å². The molecule has 3 heteroatoms. The van der Waals surface area contributed by atoms with Gasteiger partial charge in [0, 0.05) is 18.8 Å². The minimum Gasteiger partial charge on any atom is -0.466 e. The summed E-state index contributed by atoms with van der Waals surface area (Å²) in [5, 5.41) is 0. The predicted molar refractivity (Wildman–Crippen MR) is 66.6 cm³/mol. The molecule has 0 aromatic rings. The molecule has 1 rings (SSSR count). The molecule has 0 N–H and O–H groups in total. The molecular formula is C14H24O3. The Morgan fingerprint density at radius 1 is 1.35 bits per heavy atom. The first-order chi connectivity index (χ1) is 8.19. The fourth-order valence-electron chi connectivity index (χ4n) is 2.67. The molecule has 98 valence electrons. The Morgan fingerprint density at radius 2 is 2.12 bits per heavy atom. The van der Waals surface area contributed by atoms with Crippen LogP contribution in [0.2, 0.25) is 0 Å². The highest BCUT2D eigenvalue weighted by Crippen LogP contribution is 2.35. The molecule has 0 bridgehead atoms. The first-order valence-corrected chi connectivity index (χ1v) is 6.87. The molecule has 0 radical (unpaired) electrons. The Morgan fingerprint density at radius 3 is 2.76 bits per heavy atom. The zero-order valence-electron chi connectivity index (χ0n) is 11.0. The van der Waals surface area contributed by atoms with Crippen LogP contribution in [0.4, 0.5) is 0 Å². The molecule has 0 heterocycles. The summed E-state index contributed by atoms with van der Waals surface area (Å²) in [5.41, 5.74) is 0. The van der Waals surface area contributed by atoms with E-state index in [0.717, 1.165) is 19.3 Å². The van der Waals surface area contributed by atoms with E-state index in [9.17, 15) is 9.59 Å². The maximum absolute atomic E-state index is 11.8. The Bertz CT molecular complexity index is 260. The number of ether oxygens (including phenoxy) is 1. The number of hydrogen-bond donors (Lipinski definition) is 0. The average Bonchev–Trinajstić information content (AvgIpc) is 2.62. The van der Waals surface area contributed by atoms with Crippen molar-refractivity contribution in [1.29, 1.82) is 0 Å². The number of rotatable bonds is 7. The highest BCUT2D eigenvalue weighted by Gasteiger charge is 2.35. The van der Waals surface area contributed by atoms with Crippen molar-refractivity contribution in [3.8, 4) is 0 Å². The van der Waals surface area contributed by atoms with Crippen molar-refractivity contribution in [3.05, 3.63) is 0 Å². The minimum atomic E-state index is -0.146. The number of carbonyl (C=O) groups excluding carboxylic acids is 2. The maximum Gasteiger partial charge on any atom is 0.306 e. The van der Waals surface area contributed by atoms with Gasteiger partial charge < -0.3 is 4.74 Å². The zero-order chi connectivity index (χ0) is 12.7. The molecule has 1 fully saturated rings. The van der Waals surface area contributed by atoms with Crippen LogP contribution in [0.1, 0.15) is 58.8 Å². The smallest absolute Gasteiger partial charge is 0.306 e. The van der Waals surface area contributed by atoms with Gasteiger partial charge in [-0.15, -0.1) is 0 Å². The summed E-state index contributed by atoms with van der Waals surface area (Å²) in [5.74, 6) is 0.562. The van der Waals surface area contributed by atoms with E-state index in [4.69, 9.17) is 4.74 Å². The summed E-state index contributed by atoms with van der Waals surface area (Å²) in [4.78, 5) is 23.2. The number of esters is 1. The second kappa shape index (κ2) is 7.46. The molecule has 0 amide bonds. The molecule has 3 nitrogen and oxygen atoms in total. The largest absolute Gasteiger partial charge is 0.466 e. The molecule has 2 atom stereocenters. The quantitative estimate of drug-likeness (QED) is 0.507.